The highest BCUT2D eigenvalue weighted by Crippen LogP contribution is 2.20. The van der Waals surface area contributed by atoms with Crippen molar-refractivity contribution < 1.29 is 9.59 Å². The van der Waals surface area contributed by atoms with E-state index in [1.54, 1.807) is 29.5 Å². The van der Waals surface area contributed by atoms with Crippen molar-refractivity contribution in [2.45, 2.75) is 45.6 Å². The monoisotopic (exact) mass is 369 g/mol. The number of anilines is 1. The van der Waals surface area contributed by atoms with Crippen LogP contribution >= 0.6 is 11.3 Å². The van der Waals surface area contributed by atoms with Crippen LogP contribution in [0.5, 0.6) is 0 Å². The van der Waals surface area contributed by atoms with E-state index in [2.05, 4.69) is 15.6 Å². The van der Waals surface area contributed by atoms with E-state index in [9.17, 15) is 9.59 Å². The summed E-state index contributed by atoms with van der Waals surface area (Å²) in [6, 6.07) is 5.63. The number of rotatable bonds is 5. The Bertz CT molecular complexity index is 835. The molecule has 0 atom stereocenters. The number of amides is 2. The molecule has 0 aliphatic heterocycles. The average Bonchev–Trinajstić information content (AvgIpc) is 3.26. The Morgan fingerprint density at radius 3 is 2.65 bits per heavy atom. The molecule has 2 N–H and O–H groups in total. The second kappa shape index (κ2) is 8.27. The summed E-state index contributed by atoms with van der Waals surface area (Å²) in [4.78, 5) is 28.7. The van der Waals surface area contributed by atoms with Crippen molar-refractivity contribution in [1.29, 1.82) is 0 Å². The average molecular weight is 369 g/mol. The third-order valence-electron chi connectivity index (χ3n) is 4.48. The van der Waals surface area contributed by atoms with Crippen molar-refractivity contribution in [2.75, 3.05) is 5.32 Å². The maximum absolute atomic E-state index is 12.3. The molecule has 2 amide bonds. The van der Waals surface area contributed by atoms with Gasteiger partial charge in [-0.05, 0) is 56.5 Å². The summed E-state index contributed by atoms with van der Waals surface area (Å²) in [6.45, 7) is 3.81. The number of hydrogen-bond acceptors (Lipinski definition) is 4. The van der Waals surface area contributed by atoms with E-state index < -0.39 is 0 Å². The first-order valence-corrected chi connectivity index (χ1v) is 9.72. The second-order valence-electron chi connectivity index (χ2n) is 6.60. The van der Waals surface area contributed by atoms with Gasteiger partial charge >= 0.3 is 0 Å². The number of hydrogen-bond donors (Lipinski definition) is 2. The number of thiazole rings is 1. The van der Waals surface area contributed by atoms with Crippen LogP contribution in [-0.4, -0.2) is 22.8 Å². The topological polar surface area (TPSA) is 71.1 Å². The Kier molecular flexibility index (Phi) is 5.83. The van der Waals surface area contributed by atoms with Gasteiger partial charge in [0.2, 0.25) is 5.91 Å². The standard InChI is InChI=1S/C20H23N3O2S/c1-13-11-15(20(25)22-16-5-3-4-6-16)7-9-18(13)23-19(24)10-8-17-12-26-14(2)21-17/h7-12,16H,3-6H2,1-2H3,(H,22,25)(H,23,24). The number of benzene rings is 1. The number of carbonyl (C=O) groups excluding carboxylic acids is 2. The number of nitrogens with zero attached hydrogens (tertiary/aromatic N) is 1. The van der Waals surface area contributed by atoms with Crippen LogP contribution in [0.1, 0.15) is 52.3 Å². The number of nitrogens with one attached hydrogen (secondary N) is 2. The second-order valence-corrected chi connectivity index (χ2v) is 7.66. The van der Waals surface area contributed by atoms with Gasteiger partial charge in [0.1, 0.15) is 0 Å². The maximum atomic E-state index is 12.3. The Hall–Kier alpha value is -2.47. The predicted molar refractivity (Wildman–Crippen MR) is 105 cm³/mol. The van der Waals surface area contributed by atoms with Crippen LogP contribution in [0, 0.1) is 13.8 Å². The Morgan fingerprint density at radius 1 is 1.23 bits per heavy atom. The van der Waals surface area contributed by atoms with Gasteiger partial charge in [-0.3, -0.25) is 9.59 Å². The van der Waals surface area contributed by atoms with Crippen molar-refractivity contribution in [3.05, 3.63) is 51.5 Å². The molecule has 2 aromatic rings. The predicted octanol–water partition coefficient (Wildman–Crippen LogP) is 4.08. The van der Waals surface area contributed by atoms with Crippen LogP contribution in [0.3, 0.4) is 0 Å². The largest absolute Gasteiger partial charge is 0.349 e. The Morgan fingerprint density at radius 2 is 2.00 bits per heavy atom. The zero-order valence-corrected chi connectivity index (χ0v) is 15.9. The summed E-state index contributed by atoms with van der Waals surface area (Å²) < 4.78 is 0. The fourth-order valence-corrected chi connectivity index (χ4v) is 3.66. The van der Waals surface area contributed by atoms with Gasteiger partial charge in [-0.15, -0.1) is 11.3 Å². The van der Waals surface area contributed by atoms with E-state index in [-0.39, 0.29) is 11.8 Å². The van der Waals surface area contributed by atoms with Gasteiger partial charge in [-0.2, -0.15) is 0 Å². The molecule has 136 valence electrons. The first-order valence-electron chi connectivity index (χ1n) is 8.84. The minimum atomic E-state index is -0.220. The molecule has 3 rings (SSSR count). The van der Waals surface area contributed by atoms with Crippen molar-refractivity contribution in [1.82, 2.24) is 10.3 Å². The van der Waals surface area contributed by atoms with Gasteiger partial charge in [0, 0.05) is 28.7 Å². The minimum Gasteiger partial charge on any atom is -0.349 e. The molecule has 1 heterocycles. The van der Waals surface area contributed by atoms with Gasteiger partial charge < -0.3 is 10.6 Å². The molecule has 0 spiro atoms. The van der Waals surface area contributed by atoms with Crippen LogP contribution in [0.15, 0.2) is 29.7 Å². The third kappa shape index (κ3) is 4.79. The van der Waals surface area contributed by atoms with E-state index in [0.29, 0.717) is 17.3 Å². The summed E-state index contributed by atoms with van der Waals surface area (Å²) in [5.41, 5.74) is 2.96. The van der Waals surface area contributed by atoms with Crippen LogP contribution in [-0.2, 0) is 4.79 Å². The molecule has 0 radical (unpaired) electrons. The fraction of sp³-hybridized carbons (Fsp3) is 0.350. The van der Waals surface area contributed by atoms with Crippen molar-refractivity contribution >= 4 is 34.9 Å². The van der Waals surface area contributed by atoms with Crippen LogP contribution in [0.4, 0.5) is 5.69 Å². The lowest BCUT2D eigenvalue weighted by atomic mass is 10.1. The van der Waals surface area contributed by atoms with E-state index in [0.717, 1.165) is 29.1 Å². The highest BCUT2D eigenvalue weighted by atomic mass is 32.1. The first-order chi connectivity index (χ1) is 12.5. The van der Waals surface area contributed by atoms with Crippen molar-refractivity contribution in [2.24, 2.45) is 0 Å². The number of aromatic nitrogens is 1. The van der Waals surface area contributed by atoms with Gasteiger partial charge in [-0.25, -0.2) is 4.98 Å². The van der Waals surface area contributed by atoms with E-state index in [1.807, 2.05) is 25.3 Å². The first kappa shape index (κ1) is 18.3. The maximum Gasteiger partial charge on any atom is 0.251 e. The molecule has 1 aromatic carbocycles. The van der Waals surface area contributed by atoms with Gasteiger partial charge in [0.25, 0.3) is 5.91 Å². The molecule has 1 fully saturated rings. The number of aryl methyl sites for hydroxylation is 2. The quantitative estimate of drug-likeness (QED) is 0.780. The van der Waals surface area contributed by atoms with Crippen LogP contribution < -0.4 is 10.6 Å². The summed E-state index contributed by atoms with van der Waals surface area (Å²) in [5, 5.41) is 8.79. The minimum absolute atomic E-state index is 0.0447. The summed E-state index contributed by atoms with van der Waals surface area (Å²) >= 11 is 1.55. The molecule has 1 aromatic heterocycles. The molecule has 5 nitrogen and oxygen atoms in total. The van der Waals surface area contributed by atoms with Crippen molar-refractivity contribution in [3.63, 3.8) is 0 Å². The number of carbonyl (C=O) groups is 2. The normalized spacial score (nSPS) is 14.7. The summed E-state index contributed by atoms with van der Waals surface area (Å²) in [5.74, 6) is -0.265. The smallest absolute Gasteiger partial charge is 0.251 e. The Labute approximate surface area is 157 Å². The SMILES string of the molecule is Cc1nc(C=CC(=O)Nc2ccc(C(=O)NC3CCCC3)cc2C)cs1. The summed E-state index contributed by atoms with van der Waals surface area (Å²) in [7, 11) is 0. The molecule has 6 heteroatoms. The molecular weight excluding hydrogens is 346 g/mol. The zero-order chi connectivity index (χ0) is 18.5. The lowest BCUT2D eigenvalue weighted by molar-refractivity contribution is -0.111. The summed E-state index contributed by atoms with van der Waals surface area (Å²) in [6.07, 6.45) is 7.64. The molecule has 26 heavy (non-hydrogen) atoms. The van der Waals surface area contributed by atoms with Gasteiger partial charge in [0.05, 0.1) is 10.7 Å². The zero-order valence-electron chi connectivity index (χ0n) is 15.0. The van der Waals surface area contributed by atoms with E-state index >= 15 is 0 Å². The highest BCUT2D eigenvalue weighted by Gasteiger charge is 2.18. The van der Waals surface area contributed by atoms with E-state index in [4.69, 9.17) is 0 Å². The molecule has 0 bridgehead atoms. The van der Waals surface area contributed by atoms with Gasteiger partial charge in [-0.1, -0.05) is 12.8 Å². The van der Waals surface area contributed by atoms with Crippen molar-refractivity contribution in [3.8, 4) is 0 Å². The molecule has 1 aliphatic carbocycles. The lowest BCUT2D eigenvalue weighted by Crippen LogP contribution is -2.32. The molecular formula is C20H23N3O2S. The van der Waals surface area contributed by atoms with Crippen LogP contribution in [0.25, 0.3) is 6.08 Å². The fourth-order valence-electron chi connectivity index (χ4n) is 3.08. The molecule has 1 saturated carbocycles. The molecule has 1 aliphatic rings. The van der Waals surface area contributed by atoms with E-state index in [1.165, 1.54) is 18.9 Å². The lowest BCUT2D eigenvalue weighted by Gasteiger charge is -2.13. The third-order valence-corrected chi connectivity index (χ3v) is 5.27. The highest BCUT2D eigenvalue weighted by molar-refractivity contribution is 7.09. The molecule has 0 unspecified atom stereocenters. The van der Waals surface area contributed by atoms with Gasteiger partial charge in [0.15, 0.2) is 0 Å². The van der Waals surface area contributed by atoms with Crippen LogP contribution in [0.2, 0.25) is 0 Å². The molecule has 0 saturated heterocycles. The Balaban J connectivity index is 1.60.